The molecule has 0 radical (unpaired) electrons. The third kappa shape index (κ3) is 4.35. The molecule has 3 rings (SSSR count). The van der Waals surface area contributed by atoms with Gasteiger partial charge in [-0.25, -0.2) is 9.59 Å². The second-order valence-corrected chi connectivity index (χ2v) is 5.81. The lowest BCUT2D eigenvalue weighted by Gasteiger charge is -2.08. The van der Waals surface area contributed by atoms with Gasteiger partial charge in [0.1, 0.15) is 0 Å². The molecule has 8 nitrogen and oxygen atoms in total. The van der Waals surface area contributed by atoms with Crippen molar-refractivity contribution in [3.8, 4) is 5.69 Å². The largest absolute Gasteiger partial charge is 0.368 e. The van der Waals surface area contributed by atoms with Gasteiger partial charge in [-0.05, 0) is 53.1 Å². The molecule has 0 unspecified atom stereocenters. The van der Waals surface area contributed by atoms with Gasteiger partial charge in [0, 0.05) is 19.3 Å². The topological polar surface area (TPSA) is 93.8 Å². The summed E-state index contributed by atoms with van der Waals surface area (Å²) in [7, 11) is 1.53. The summed E-state index contributed by atoms with van der Waals surface area (Å²) in [5, 5.41) is 13.0. The molecule has 26 heavy (non-hydrogen) atoms. The van der Waals surface area contributed by atoms with Crippen LogP contribution in [0.25, 0.3) is 5.69 Å². The van der Waals surface area contributed by atoms with Crippen molar-refractivity contribution in [3.63, 3.8) is 0 Å². The van der Waals surface area contributed by atoms with E-state index in [0.29, 0.717) is 17.9 Å². The Morgan fingerprint density at radius 1 is 1.04 bits per heavy atom. The van der Waals surface area contributed by atoms with Crippen LogP contribution < -0.4 is 16.3 Å². The summed E-state index contributed by atoms with van der Waals surface area (Å²) >= 11 is 0. The summed E-state index contributed by atoms with van der Waals surface area (Å²) in [5.41, 5.74) is 2.13. The van der Waals surface area contributed by atoms with Gasteiger partial charge in [0.2, 0.25) is 0 Å². The van der Waals surface area contributed by atoms with Crippen LogP contribution in [0.4, 0.5) is 10.5 Å². The van der Waals surface area contributed by atoms with E-state index in [1.54, 1.807) is 24.3 Å². The maximum Gasteiger partial charge on any atom is 0.368 e. The molecule has 3 aromatic rings. The summed E-state index contributed by atoms with van der Waals surface area (Å²) < 4.78 is 2.34. The van der Waals surface area contributed by atoms with Crippen LogP contribution in [0.1, 0.15) is 12.0 Å². The molecule has 0 aliphatic heterocycles. The summed E-state index contributed by atoms with van der Waals surface area (Å²) in [6, 6.07) is 16.7. The highest BCUT2D eigenvalue weighted by molar-refractivity contribution is 5.89. The fraction of sp³-hybridized carbons (Fsp3) is 0.222. The molecule has 2 aromatic carbocycles. The van der Waals surface area contributed by atoms with Gasteiger partial charge in [-0.1, -0.05) is 30.3 Å². The van der Waals surface area contributed by atoms with Gasteiger partial charge < -0.3 is 10.6 Å². The van der Waals surface area contributed by atoms with Crippen molar-refractivity contribution in [1.82, 2.24) is 25.1 Å². The number of anilines is 1. The minimum Gasteiger partial charge on any atom is -0.338 e. The number of carbonyl (C=O) groups excluding carboxylic acids is 1. The molecule has 0 bridgehead atoms. The number of tetrazole rings is 1. The van der Waals surface area contributed by atoms with Crippen LogP contribution in [-0.4, -0.2) is 32.4 Å². The van der Waals surface area contributed by atoms with Crippen LogP contribution in [0.3, 0.4) is 0 Å². The molecule has 2 amide bonds. The number of urea groups is 1. The molecule has 134 valence electrons. The minimum absolute atomic E-state index is 0.262. The van der Waals surface area contributed by atoms with E-state index in [1.807, 2.05) is 18.2 Å². The third-order valence-electron chi connectivity index (χ3n) is 3.86. The fourth-order valence-electron chi connectivity index (χ4n) is 2.48. The number of rotatable bonds is 6. The van der Waals surface area contributed by atoms with E-state index >= 15 is 0 Å². The normalized spacial score (nSPS) is 10.5. The van der Waals surface area contributed by atoms with E-state index in [1.165, 1.54) is 17.3 Å². The number of hydrogen-bond acceptors (Lipinski definition) is 4. The predicted molar refractivity (Wildman–Crippen MR) is 98.4 cm³/mol. The molecule has 1 aromatic heterocycles. The second kappa shape index (κ2) is 8.11. The first kappa shape index (κ1) is 17.4. The van der Waals surface area contributed by atoms with E-state index in [0.717, 1.165) is 17.5 Å². The first-order valence-electron chi connectivity index (χ1n) is 8.32. The lowest BCUT2D eigenvalue weighted by molar-refractivity contribution is 0.252. The Morgan fingerprint density at radius 2 is 1.77 bits per heavy atom. The van der Waals surface area contributed by atoms with Crippen LogP contribution >= 0.6 is 0 Å². The van der Waals surface area contributed by atoms with Crippen LogP contribution in [0.5, 0.6) is 0 Å². The van der Waals surface area contributed by atoms with Gasteiger partial charge in [-0.3, -0.25) is 0 Å². The van der Waals surface area contributed by atoms with Crippen molar-refractivity contribution in [2.24, 2.45) is 7.05 Å². The number of hydrogen-bond donors (Lipinski definition) is 2. The van der Waals surface area contributed by atoms with E-state index in [9.17, 15) is 9.59 Å². The maximum absolute atomic E-state index is 11.9. The Balaban J connectivity index is 1.47. The molecule has 1 heterocycles. The van der Waals surface area contributed by atoms with Crippen molar-refractivity contribution < 1.29 is 4.79 Å². The number of nitrogens with one attached hydrogen (secondary N) is 2. The SMILES string of the molecule is Cn1nnn(-c2ccc(NC(=O)NCCCc3ccccc3)cc2)c1=O. The Labute approximate surface area is 150 Å². The van der Waals surface area contributed by atoms with Crippen LogP contribution in [-0.2, 0) is 13.5 Å². The van der Waals surface area contributed by atoms with Gasteiger partial charge in [0.25, 0.3) is 0 Å². The quantitative estimate of drug-likeness (QED) is 0.661. The van der Waals surface area contributed by atoms with Gasteiger partial charge in [-0.2, -0.15) is 9.36 Å². The van der Waals surface area contributed by atoms with Gasteiger partial charge in [0.05, 0.1) is 5.69 Å². The molecule has 2 N–H and O–H groups in total. The highest BCUT2D eigenvalue weighted by Gasteiger charge is 2.06. The van der Waals surface area contributed by atoms with E-state index in [4.69, 9.17) is 0 Å². The van der Waals surface area contributed by atoms with Crippen molar-refractivity contribution in [2.75, 3.05) is 11.9 Å². The monoisotopic (exact) mass is 352 g/mol. The first-order chi connectivity index (χ1) is 12.6. The molecule has 0 fully saturated rings. The fourth-order valence-corrected chi connectivity index (χ4v) is 2.48. The van der Waals surface area contributed by atoms with Gasteiger partial charge >= 0.3 is 11.7 Å². The average Bonchev–Trinajstić information content (AvgIpc) is 2.99. The van der Waals surface area contributed by atoms with Crippen LogP contribution in [0.15, 0.2) is 59.4 Å². The van der Waals surface area contributed by atoms with Crippen molar-refractivity contribution in [1.29, 1.82) is 0 Å². The number of benzene rings is 2. The number of nitrogens with zero attached hydrogens (tertiary/aromatic N) is 4. The van der Waals surface area contributed by atoms with Crippen LogP contribution in [0, 0.1) is 0 Å². The molecule has 0 saturated carbocycles. The highest BCUT2D eigenvalue weighted by atomic mass is 16.2. The Kier molecular flexibility index (Phi) is 5.43. The second-order valence-electron chi connectivity index (χ2n) is 5.81. The number of amides is 2. The Bertz CT molecular complexity index is 915. The molecular weight excluding hydrogens is 332 g/mol. The number of aromatic nitrogens is 4. The van der Waals surface area contributed by atoms with Gasteiger partial charge in [-0.15, -0.1) is 0 Å². The molecule has 0 aliphatic carbocycles. The number of aryl methyl sites for hydroxylation is 2. The zero-order valence-electron chi connectivity index (χ0n) is 14.4. The molecular formula is C18H20N6O2. The zero-order chi connectivity index (χ0) is 18.4. The predicted octanol–water partition coefficient (Wildman–Crippen LogP) is 1.72. The molecule has 8 heteroatoms. The highest BCUT2D eigenvalue weighted by Crippen LogP contribution is 2.11. The lowest BCUT2D eigenvalue weighted by Crippen LogP contribution is -2.29. The smallest absolute Gasteiger partial charge is 0.338 e. The number of carbonyl (C=O) groups is 1. The first-order valence-corrected chi connectivity index (χ1v) is 8.32. The van der Waals surface area contributed by atoms with Gasteiger partial charge in [0.15, 0.2) is 0 Å². The van der Waals surface area contributed by atoms with Crippen molar-refractivity contribution in [2.45, 2.75) is 12.8 Å². The standard InChI is InChI=1S/C18H20N6O2/c1-23-18(26)24(22-21-23)16-11-9-15(10-12-16)20-17(25)19-13-5-8-14-6-3-2-4-7-14/h2-4,6-7,9-12H,5,8,13H2,1H3,(H2,19,20,25). The summed E-state index contributed by atoms with van der Waals surface area (Å²) in [4.78, 5) is 23.7. The van der Waals surface area contributed by atoms with Crippen molar-refractivity contribution >= 4 is 11.7 Å². The Hall–Kier alpha value is -3.42. The molecule has 0 aliphatic rings. The van der Waals surface area contributed by atoms with Crippen molar-refractivity contribution in [3.05, 3.63) is 70.6 Å². The van der Waals surface area contributed by atoms with E-state index in [-0.39, 0.29) is 11.7 Å². The summed E-state index contributed by atoms with van der Waals surface area (Å²) in [6.07, 6.45) is 1.79. The lowest BCUT2D eigenvalue weighted by atomic mass is 10.1. The Morgan fingerprint density at radius 3 is 2.42 bits per heavy atom. The molecule has 0 spiro atoms. The maximum atomic E-state index is 11.9. The molecule has 0 saturated heterocycles. The van der Waals surface area contributed by atoms with E-state index < -0.39 is 0 Å². The van der Waals surface area contributed by atoms with Crippen LogP contribution in [0.2, 0.25) is 0 Å². The minimum atomic E-state index is -0.332. The zero-order valence-corrected chi connectivity index (χ0v) is 14.4. The third-order valence-corrected chi connectivity index (χ3v) is 3.86. The van der Waals surface area contributed by atoms with E-state index in [2.05, 4.69) is 33.2 Å². The average molecular weight is 352 g/mol. The summed E-state index contributed by atoms with van der Waals surface area (Å²) in [6.45, 7) is 0.591. The summed E-state index contributed by atoms with van der Waals surface area (Å²) in [5.74, 6) is 0. The molecule has 0 atom stereocenters.